The van der Waals surface area contributed by atoms with Gasteiger partial charge in [0, 0.05) is 0 Å². The average Bonchev–Trinajstić information content (AvgIpc) is 1.79. The first-order valence-electron chi connectivity index (χ1n) is 4.21. The van der Waals surface area contributed by atoms with Gasteiger partial charge < -0.3 is 17.8 Å². The Morgan fingerprint density at radius 2 is 1.69 bits per heavy atom. The quantitative estimate of drug-likeness (QED) is 0.558. The van der Waals surface area contributed by atoms with Gasteiger partial charge in [0.25, 0.3) is 0 Å². The number of halogens is 3. The molecule has 0 fully saturated rings. The Morgan fingerprint density at radius 3 is 2.00 bits per heavy atom. The van der Waals surface area contributed by atoms with Gasteiger partial charge in [0.1, 0.15) is 0 Å². The van der Waals surface area contributed by atoms with Crippen LogP contribution in [-0.2, 0) is 0 Å². The molecule has 0 bridgehead atoms. The van der Waals surface area contributed by atoms with Crippen LogP contribution in [0.2, 0.25) is 0 Å². The van der Waals surface area contributed by atoms with Gasteiger partial charge in [-0.15, -0.1) is 0 Å². The molecule has 1 nitrogen and oxygen atoms in total. The minimum Gasteiger partial charge on any atom is -0.448 e. The van der Waals surface area contributed by atoms with E-state index in [-0.39, 0.29) is 51.4 Å². The molecule has 74 valence electrons. The van der Waals surface area contributed by atoms with Crippen LogP contribution in [0.25, 0.3) is 0 Å². The van der Waals surface area contributed by atoms with Crippen LogP contribution >= 0.6 is 0 Å². The molecule has 0 atom stereocenters. The third-order valence-corrected chi connectivity index (χ3v) is 1.61. The average molecular weight is 221 g/mol. The van der Waals surface area contributed by atoms with E-state index in [9.17, 15) is 12.9 Å². The standard InChI is InChI=1S/C7H16BF3N.K/c1-7(2)4-5-12(3)6-8(9,10)11;/h7H,4-6H2,1-3H3;/q-1;+1. The molecule has 0 aliphatic rings. The van der Waals surface area contributed by atoms with Crippen LogP contribution in [0.5, 0.6) is 0 Å². The molecule has 0 aromatic carbocycles. The summed E-state index contributed by atoms with van der Waals surface area (Å²) in [6, 6.07) is 0. The van der Waals surface area contributed by atoms with E-state index in [1.165, 1.54) is 11.9 Å². The molecule has 0 aliphatic carbocycles. The summed E-state index contributed by atoms with van der Waals surface area (Å²) in [7, 11) is 1.51. The summed E-state index contributed by atoms with van der Waals surface area (Å²) in [5.41, 5.74) is 0. The molecular weight excluding hydrogens is 205 g/mol. The van der Waals surface area contributed by atoms with Crippen molar-refractivity contribution >= 4 is 6.98 Å². The molecule has 0 aromatic rings. The SMILES string of the molecule is CC(C)CCN(C)C[B-](F)(F)F.[K+]. The van der Waals surface area contributed by atoms with E-state index < -0.39 is 13.4 Å². The van der Waals surface area contributed by atoms with Crippen molar-refractivity contribution < 1.29 is 64.3 Å². The fourth-order valence-corrected chi connectivity index (χ4v) is 0.923. The molecule has 0 saturated heterocycles. The van der Waals surface area contributed by atoms with Crippen LogP contribution < -0.4 is 51.4 Å². The van der Waals surface area contributed by atoms with Crippen molar-refractivity contribution in [1.29, 1.82) is 0 Å². The monoisotopic (exact) mass is 221 g/mol. The van der Waals surface area contributed by atoms with Crippen molar-refractivity contribution in [1.82, 2.24) is 4.90 Å². The van der Waals surface area contributed by atoms with Crippen LogP contribution in [-0.4, -0.2) is 31.9 Å². The maximum absolute atomic E-state index is 11.9. The summed E-state index contributed by atoms with van der Waals surface area (Å²) >= 11 is 0. The predicted octanol–water partition coefficient (Wildman–Crippen LogP) is -0.645. The van der Waals surface area contributed by atoms with Crippen LogP contribution in [0, 0.1) is 5.92 Å². The Bertz CT molecular complexity index is 129. The smallest absolute Gasteiger partial charge is 0.448 e. The molecule has 13 heavy (non-hydrogen) atoms. The number of hydrogen-bond acceptors (Lipinski definition) is 1. The zero-order valence-corrected chi connectivity index (χ0v) is 12.0. The van der Waals surface area contributed by atoms with Crippen LogP contribution in [0.15, 0.2) is 0 Å². The number of nitrogens with zero attached hydrogens (tertiary/aromatic N) is 1. The fraction of sp³-hybridized carbons (Fsp3) is 1.00. The molecule has 0 N–H and O–H groups in total. The second kappa shape index (κ2) is 7.71. The van der Waals surface area contributed by atoms with Crippen LogP contribution in [0.4, 0.5) is 12.9 Å². The molecule has 0 unspecified atom stereocenters. The molecular formula is C7H16BF3KN. The predicted molar refractivity (Wildman–Crippen MR) is 46.0 cm³/mol. The topological polar surface area (TPSA) is 3.24 Å². The van der Waals surface area contributed by atoms with Crippen molar-refractivity contribution in [3.8, 4) is 0 Å². The first-order chi connectivity index (χ1) is 5.31. The van der Waals surface area contributed by atoms with Gasteiger partial charge in [0.05, 0.1) is 0 Å². The molecule has 0 aromatic heterocycles. The normalized spacial score (nSPS) is 12.0. The molecule has 0 spiro atoms. The zero-order chi connectivity index (χ0) is 9.78. The third kappa shape index (κ3) is 13.5. The molecule has 0 saturated carbocycles. The molecule has 0 radical (unpaired) electrons. The van der Waals surface area contributed by atoms with E-state index in [1.54, 1.807) is 0 Å². The van der Waals surface area contributed by atoms with E-state index in [0.717, 1.165) is 6.42 Å². The first-order valence-corrected chi connectivity index (χ1v) is 4.21. The molecule has 6 heteroatoms. The number of hydrogen-bond donors (Lipinski definition) is 0. The third-order valence-electron chi connectivity index (χ3n) is 1.61. The second-order valence-electron chi connectivity index (χ2n) is 3.66. The van der Waals surface area contributed by atoms with Gasteiger partial charge in [-0.2, -0.15) is 0 Å². The van der Waals surface area contributed by atoms with E-state index in [1.807, 2.05) is 13.8 Å². The van der Waals surface area contributed by atoms with Crippen molar-refractivity contribution in [3.63, 3.8) is 0 Å². The summed E-state index contributed by atoms with van der Waals surface area (Å²) in [6.45, 7) is -0.110. The Kier molecular flexibility index (Phi) is 10.00. The summed E-state index contributed by atoms with van der Waals surface area (Å²) in [5, 5.41) is 0. The van der Waals surface area contributed by atoms with Crippen molar-refractivity contribution in [2.24, 2.45) is 5.92 Å². The van der Waals surface area contributed by atoms with E-state index >= 15 is 0 Å². The van der Waals surface area contributed by atoms with E-state index in [4.69, 9.17) is 0 Å². The summed E-state index contributed by atoms with van der Waals surface area (Å²) < 4.78 is 35.6. The second-order valence-corrected chi connectivity index (χ2v) is 3.66. The Balaban J connectivity index is 0. The van der Waals surface area contributed by atoms with Crippen LogP contribution in [0.3, 0.4) is 0 Å². The first kappa shape index (κ1) is 16.9. The van der Waals surface area contributed by atoms with Gasteiger partial charge in [-0.1, -0.05) is 13.8 Å². The maximum Gasteiger partial charge on any atom is 1.00 e. The van der Waals surface area contributed by atoms with Crippen molar-refractivity contribution in [3.05, 3.63) is 0 Å². The van der Waals surface area contributed by atoms with E-state index in [0.29, 0.717) is 12.5 Å². The van der Waals surface area contributed by atoms with Crippen molar-refractivity contribution in [2.75, 3.05) is 20.0 Å². The van der Waals surface area contributed by atoms with Gasteiger partial charge in [-0.05, 0) is 32.4 Å². The number of rotatable bonds is 5. The molecule has 0 rings (SSSR count). The van der Waals surface area contributed by atoms with Crippen molar-refractivity contribution in [2.45, 2.75) is 20.3 Å². The van der Waals surface area contributed by atoms with Gasteiger partial charge in [0.2, 0.25) is 0 Å². The molecule has 0 amide bonds. The Labute approximate surface area is 121 Å². The van der Waals surface area contributed by atoms with Gasteiger partial charge in [-0.3, -0.25) is 0 Å². The fourth-order valence-electron chi connectivity index (χ4n) is 0.923. The summed E-state index contributed by atoms with van der Waals surface area (Å²) in [4.78, 5) is 1.33. The molecule has 0 heterocycles. The maximum atomic E-state index is 11.9. The Morgan fingerprint density at radius 1 is 1.23 bits per heavy atom. The molecule has 0 aliphatic heterocycles. The summed E-state index contributed by atoms with van der Waals surface area (Å²) in [5.74, 6) is 0.466. The van der Waals surface area contributed by atoms with Crippen LogP contribution in [0.1, 0.15) is 20.3 Å². The van der Waals surface area contributed by atoms with Gasteiger partial charge in [0.15, 0.2) is 0 Å². The Hall–Kier alpha value is 1.45. The van der Waals surface area contributed by atoms with Gasteiger partial charge >= 0.3 is 58.4 Å². The minimum absolute atomic E-state index is 0. The van der Waals surface area contributed by atoms with E-state index in [2.05, 4.69) is 0 Å². The minimum atomic E-state index is -4.65. The zero-order valence-electron chi connectivity index (χ0n) is 8.86. The largest absolute Gasteiger partial charge is 1.00 e. The van der Waals surface area contributed by atoms with Gasteiger partial charge in [-0.25, -0.2) is 0 Å². The summed E-state index contributed by atoms with van der Waals surface area (Å²) in [6.07, 6.45) is 0.0788.